The van der Waals surface area contributed by atoms with Gasteiger partial charge in [0, 0.05) is 25.1 Å². The fourth-order valence-electron chi connectivity index (χ4n) is 2.43. The van der Waals surface area contributed by atoms with Crippen molar-refractivity contribution in [2.75, 3.05) is 13.1 Å². The van der Waals surface area contributed by atoms with Gasteiger partial charge in [-0.15, -0.1) is 0 Å². The summed E-state index contributed by atoms with van der Waals surface area (Å²) in [5.41, 5.74) is 5.53. The van der Waals surface area contributed by atoms with Gasteiger partial charge in [-0.25, -0.2) is 4.39 Å². The van der Waals surface area contributed by atoms with Crippen molar-refractivity contribution in [3.63, 3.8) is 0 Å². The van der Waals surface area contributed by atoms with Gasteiger partial charge in [-0.3, -0.25) is 9.59 Å². The molecule has 2 rings (SSSR count). The molecule has 2 amide bonds. The zero-order chi connectivity index (χ0) is 13.8. The topological polar surface area (TPSA) is 63.4 Å². The van der Waals surface area contributed by atoms with E-state index in [0.717, 1.165) is 12.8 Å². The Morgan fingerprint density at radius 1 is 1.32 bits per heavy atom. The highest BCUT2D eigenvalue weighted by molar-refractivity contribution is 5.94. The van der Waals surface area contributed by atoms with Crippen LogP contribution in [0.1, 0.15) is 29.6 Å². The summed E-state index contributed by atoms with van der Waals surface area (Å²) < 4.78 is 13.1. The average molecular weight is 264 g/mol. The molecule has 0 bridgehead atoms. The van der Waals surface area contributed by atoms with E-state index in [1.807, 2.05) is 0 Å². The Morgan fingerprint density at radius 2 is 2.00 bits per heavy atom. The van der Waals surface area contributed by atoms with E-state index in [2.05, 4.69) is 0 Å². The number of rotatable bonds is 3. The van der Waals surface area contributed by atoms with Crippen LogP contribution in [0.25, 0.3) is 0 Å². The summed E-state index contributed by atoms with van der Waals surface area (Å²) in [6, 6.07) is 5.71. The van der Waals surface area contributed by atoms with Gasteiger partial charge in [-0.05, 0) is 37.0 Å². The number of likely N-dealkylation sites (tertiary alicyclic amines) is 1. The Labute approximate surface area is 111 Å². The molecule has 4 nitrogen and oxygen atoms in total. The van der Waals surface area contributed by atoms with Gasteiger partial charge in [0.25, 0.3) is 5.91 Å². The van der Waals surface area contributed by atoms with Crippen molar-refractivity contribution in [1.29, 1.82) is 0 Å². The molecule has 1 aromatic carbocycles. The fourth-order valence-corrected chi connectivity index (χ4v) is 2.43. The zero-order valence-corrected chi connectivity index (χ0v) is 10.6. The number of amides is 2. The second kappa shape index (κ2) is 5.82. The molecular formula is C14H17FN2O2. The van der Waals surface area contributed by atoms with Crippen LogP contribution >= 0.6 is 0 Å². The van der Waals surface area contributed by atoms with E-state index >= 15 is 0 Å². The molecule has 0 unspecified atom stereocenters. The Kier molecular flexibility index (Phi) is 4.14. The second-order valence-corrected chi connectivity index (χ2v) is 4.92. The van der Waals surface area contributed by atoms with Crippen LogP contribution in [0.15, 0.2) is 24.3 Å². The Balaban J connectivity index is 1.94. The van der Waals surface area contributed by atoms with Crippen LogP contribution in [0.3, 0.4) is 0 Å². The van der Waals surface area contributed by atoms with Crippen molar-refractivity contribution in [2.45, 2.75) is 19.3 Å². The van der Waals surface area contributed by atoms with E-state index in [1.54, 1.807) is 11.0 Å². The van der Waals surface area contributed by atoms with Gasteiger partial charge < -0.3 is 10.6 Å². The van der Waals surface area contributed by atoms with Crippen molar-refractivity contribution < 1.29 is 14.0 Å². The molecule has 1 fully saturated rings. The normalized spacial score (nSPS) is 16.4. The summed E-state index contributed by atoms with van der Waals surface area (Å²) in [5, 5.41) is 0. The van der Waals surface area contributed by atoms with Crippen molar-refractivity contribution in [2.24, 2.45) is 11.7 Å². The molecular weight excluding hydrogens is 247 g/mol. The summed E-state index contributed by atoms with van der Waals surface area (Å²) >= 11 is 0. The minimum absolute atomic E-state index is 0.156. The number of piperidine rings is 1. The van der Waals surface area contributed by atoms with Crippen LogP contribution in [-0.2, 0) is 4.79 Å². The highest BCUT2D eigenvalue weighted by Crippen LogP contribution is 2.21. The van der Waals surface area contributed by atoms with E-state index in [0.29, 0.717) is 25.1 Å². The number of halogens is 1. The van der Waals surface area contributed by atoms with Crippen LogP contribution < -0.4 is 5.73 Å². The Morgan fingerprint density at radius 3 is 2.58 bits per heavy atom. The molecule has 0 atom stereocenters. The summed E-state index contributed by atoms with van der Waals surface area (Å²) in [4.78, 5) is 24.7. The molecule has 0 aliphatic carbocycles. The second-order valence-electron chi connectivity index (χ2n) is 4.92. The van der Waals surface area contributed by atoms with E-state index in [9.17, 15) is 14.0 Å². The maximum atomic E-state index is 13.1. The molecule has 1 aliphatic heterocycles. The number of nitrogens with zero attached hydrogens (tertiary/aromatic N) is 1. The standard InChI is InChI=1S/C14H17FN2O2/c15-12-3-1-2-11(9-12)14(19)17-6-4-10(5-7-17)8-13(16)18/h1-3,9-10H,4-8H2,(H2,16,18). The fraction of sp³-hybridized carbons (Fsp3) is 0.429. The van der Waals surface area contributed by atoms with Gasteiger partial charge in [0.1, 0.15) is 5.82 Å². The van der Waals surface area contributed by atoms with Gasteiger partial charge in [0.15, 0.2) is 0 Å². The number of carbonyl (C=O) groups is 2. The van der Waals surface area contributed by atoms with Crippen molar-refractivity contribution >= 4 is 11.8 Å². The third-order valence-electron chi connectivity index (χ3n) is 3.46. The molecule has 1 aromatic rings. The molecule has 0 spiro atoms. The van der Waals surface area contributed by atoms with E-state index in [1.165, 1.54) is 18.2 Å². The van der Waals surface area contributed by atoms with E-state index < -0.39 is 5.82 Å². The molecule has 2 N–H and O–H groups in total. The lowest BCUT2D eigenvalue weighted by Gasteiger charge is -2.31. The smallest absolute Gasteiger partial charge is 0.253 e. The minimum Gasteiger partial charge on any atom is -0.370 e. The molecule has 1 saturated heterocycles. The van der Waals surface area contributed by atoms with Crippen LogP contribution in [0.5, 0.6) is 0 Å². The minimum atomic E-state index is -0.408. The van der Waals surface area contributed by atoms with Crippen molar-refractivity contribution in [1.82, 2.24) is 4.90 Å². The first-order valence-corrected chi connectivity index (χ1v) is 6.39. The van der Waals surface area contributed by atoms with E-state index in [4.69, 9.17) is 5.73 Å². The summed E-state index contributed by atoms with van der Waals surface area (Å²) in [6.45, 7) is 1.18. The maximum absolute atomic E-state index is 13.1. The molecule has 5 heteroatoms. The molecule has 0 saturated carbocycles. The number of hydrogen-bond acceptors (Lipinski definition) is 2. The van der Waals surface area contributed by atoms with Gasteiger partial charge in [0.05, 0.1) is 0 Å². The molecule has 0 radical (unpaired) electrons. The lowest BCUT2D eigenvalue weighted by molar-refractivity contribution is -0.119. The molecule has 1 heterocycles. The van der Waals surface area contributed by atoms with Crippen LogP contribution in [-0.4, -0.2) is 29.8 Å². The Bertz CT molecular complexity index is 482. The highest BCUT2D eigenvalue weighted by atomic mass is 19.1. The third-order valence-corrected chi connectivity index (χ3v) is 3.46. The molecule has 1 aliphatic rings. The van der Waals surface area contributed by atoms with E-state index in [-0.39, 0.29) is 17.7 Å². The molecule has 102 valence electrons. The maximum Gasteiger partial charge on any atom is 0.253 e. The first-order valence-electron chi connectivity index (χ1n) is 6.39. The van der Waals surface area contributed by atoms with Crippen molar-refractivity contribution in [3.8, 4) is 0 Å². The van der Waals surface area contributed by atoms with Crippen molar-refractivity contribution in [3.05, 3.63) is 35.6 Å². The van der Waals surface area contributed by atoms with Gasteiger partial charge in [-0.2, -0.15) is 0 Å². The monoisotopic (exact) mass is 264 g/mol. The van der Waals surface area contributed by atoms with Gasteiger partial charge >= 0.3 is 0 Å². The molecule has 19 heavy (non-hydrogen) atoms. The van der Waals surface area contributed by atoms with Gasteiger partial charge in [-0.1, -0.05) is 6.07 Å². The van der Waals surface area contributed by atoms with Crippen LogP contribution in [0, 0.1) is 11.7 Å². The largest absolute Gasteiger partial charge is 0.370 e. The number of primary amides is 1. The van der Waals surface area contributed by atoms with Gasteiger partial charge in [0.2, 0.25) is 5.91 Å². The SMILES string of the molecule is NC(=O)CC1CCN(C(=O)c2cccc(F)c2)CC1. The first-order chi connectivity index (χ1) is 9.06. The summed E-state index contributed by atoms with van der Waals surface area (Å²) in [6.07, 6.45) is 1.91. The van der Waals surface area contributed by atoms with Crippen LogP contribution in [0.2, 0.25) is 0 Å². The number of nitrogens with two attached hydrogens (primary N) is 1. The van der Waals surface area contributed by atoms with Crippen LogP contribution in [0.4, 0.5) is 4.39 Å². The lowest BCUT2D eigenvalue weighted by atomic mass is 9.93. The summed E-state index contributed by atoms with van der Waals surface area (Å²) in [5.74, 6) is -0.601. The lowest BCUT2D eigenvalue weighted by Crippen LogP contribution is -2.39. The first kappa shape index (κ1) is 13.5. The predicted octanol–water partition coefficient (Wildman–Crippen LogP) is 1.55. The summed E-state index contributed by atoms with van der Waals surface area (Å²) in [7, 11) is 0. The zero-order valence-electron chi connectivity index (χ0n) is 10.6. The number of benzene rings is 1. The molecule has 0 aromatic heterocycles. The quantitative estimate of drug-likeness (QED) is 0.900. The third kappa shape index (κ3) is 3.53. The highest BCUT2D eigenvalue weighted by Gasteiger charge is 2.24. The number of carbonyl (C=O) groups excluding carboxylic acids is 2. The number of hydrogen-bond donors (Lipinski definition) is 1. The predicted molar refractivity (Wildman–Crippen MR) is 68.8 cm³/mol. The average Bonchev–Trinajstić information content (AvgIpc) is 2.38. The Hall–Kier alpha value is -1.91.